The predicted molar refractivity (Wildman–Crippen MR) is 56.3 cm³/mol. The van der Waals surface area contributed by atoms with Crippen LogP contribution in [0, 0.1) is 10.1 Å². The van der Waals surface area contributed by atoms with E-state index in [0.717, 1.165) is 13.1 Å². The lowest BCUT2D eigenvalue weighted by molar-refractivity contribution is -0.385. The highest BCUT2D eigenvalue weighted by molar-refractivity contribution is 5.21. The van der Waals surface area contributed by atoms with E-state index in [0.29, 0.717) is 0 Å². The Morgan fingerprint density at radius 1 is 1.56 bits per heavy atom. The molecule has 0 saturated carbocycles. The largest absolute Gasteiger partial charge is 0.458 e. The van der Waals surface area contributed by atoms with Crippen molar-refractivity contribution in [3.05, 3.63) is 46.2 Å². The van der Waals surface area contributed by atoms with Gasteiger partial charge in [0.25, 0.3) is 0 Å². The molecule has 0 aromatic carbocycles. The molecule has 0 unspecified atom stereocenters. The van der Waals surface area contributed by atoms with Crippen molar-refractivity contribution in [1.82, 2.24) is 9.78 Å². The molecular formula is C10H9F2N3O3. The lowest BCUT2D eigenvalue weighted by atomic mass is 10.3. The second kappa shape index (κ2) is 4.21. The highest BCUT2D eigenvalue weighted by atomic mass is 19.3. The molecule has 0 aliphatic heterocycles. The Morgan fingerprint density at radius 3 is 2.78 bits per heavy atom. The topological polar surface area (TPSA) is 74.1 Å². The first kappa shape index (κ1) is 12.2. The van der Waals surface area contributed by atoms with Gasteiger partial charge in [-0.1, -0.05) is 0 Å². The number of furan rings is 1. The van der Waals surface area contributed by atoms with Crippen LogP contribution in [0.4, 0.5) is 14.5 Å². The van der Waals surface area contributed by atoms with Crippen molar-refractivity contribution in [2.45, 2.75) is 19.4 Å². The van der Waals surface area contributed by atoms with Gasteiger partial charge < -0.3 is 4.42 Å². The van der Waals surface area contributed by atoms with E-state index >= 15 is 0 Å². The summed E-state index contributed by atoms with van der Waals surface area (Å²) in [6.07, 6.45) is 2.28. The van der Waals surface area contributed by atoms with E-state index in [1.165, 1.54) is 23.0 Å². The molecule has 2 rings (SSSR count). The van der Waals surface area contributed by atoms with E-state index in [9.17, 15) is 18.9 Å². The molecule has 0 aliphatic carbocycles. The van der Waals surface area contributed by atoms with Crippen molar-refractivity contribution >= 4 is 5.69 Å². The van der Waals surface area contributed by atoms with E-state index in [-0.39, 0.29) is 18.0 Å². The fraction of sp³-hybridized carbons (Fsp3) is 0.300. The van der Waals surface area contributed by atoms with E-state index in [4.69, 9.17) is 4.42 Å². The van der Waals surface area contributed by atoms with Gasteiger partial charge in [0.05, 0.1) is 11.5 Å². The lowest BCUT2D eigenvalue weighted by Crippen LogP contribution is -2.05. The summed E-state index contributed by atoms with van der Waals surface area (Å²) in [4.78, 5) is 9.85. The third kappa shape index (κ3) is 2.53. The maximum absolute atomic E-state index is 12.9. The van der Waals surface area contributed by atoms with Crippen LogP contribution in [0.1, 0.15) is 18.4 Å². The Hall–Kier alpha value is -2.25. The Balaban J connectivity index is 2.14. The van der Waals surface area contributed by atoms with Crippen LogP contribution < -0.4 is 0 Å². The zero-order valence-corrected chi connectivity index (χ0v) is 9.34. The fourth-order valence-electron chi connectivity index (χ4n) is 1.39. The van der Waals surface area contributed by atoms with Gasteiger partial charge >= 0.3 is 11.6 Å². The van der Waals surface area contributed by atoms with Crippen LogP contribution >= 0.6 is 0 Å². The van der Waals surface area contributed by atoms with Gasteiger partial charge in [0.2, 0.25) is 0 Å². The smallest absolute Gasteiger partial charge is 0.307 e. The summed E-state index contributed by atoms with van der Waals surface area (Å²) in [6.45, 7) is 0.790. The highest BCUT2D eigenvalue weighted by Crippen LogP contribution is 2.28. The normalized spacial score (nSPS) is 11.7. The molecule has 2 aromatic rings. The van der Waals surface area contributed by atoms with Gasteiger partial charge in [0.1, 0.15) is 18.2 Å². The average Bonchev–Trinajstić information content (AvgIpc) is 2.85. The summed E-state index contributed by atoms with van der Waals surface area (Å²) in [7, 11) is 0. The van der Waals surface area contributed by atoms with Gasteiger partial charge in [-0.25, -0.2) is 0 Å². The molecule has 2 aromatic heterocycles. The van der Waals surface area contributed by atoms with E-state index in [1.807, 2.05) is 0 Å². The molecule has 96 valence electrons. The molecule has 2 heterocycles. The van der Waals surface area contributed by atoms with Crippen LogP contribution in [0.2, 0.25) is 0 Å². The monoisotopic (exact) mass is 257 g/mol. The zero-order valence-electron chi connectivity index (χ0n) is 9.34. The van der Waals surface area contributed by atoms with Gasteiger partial charge in [-0.3, -0.25) is 14.8 Å². The van der Waals surface area contributed by atoms with Crippen molar-refractivity contribution in [2.75, 3.05) is 0 Å². The van der Waals surface area contributed by atoms with E-state index in [2.05, 4.69) is 5.10 Å². The highest BCUT2D eigenvalue weighted by Gasteiger charge is 2.28. The molecule has 6 nitrogen and oxygen atoms in total. The molecule has 0 fully saturated rings. The number of halogens is 2. The summed E-state index contributed by atoms with van der Waals surface area (Å²) in [5.74, 6) is -3.24. The summed E-state index contributed by atoms with van der Waals surface area (Å²) in [5.41, 5.74) is -0.164. The van der Waals surface area contributed by atoms with Gasteiger partial charge in [-0.15, -0.1) is 0 Å². The van der Waals surface area contributed by atoms with Crippen LogP contribution in [0.15, 0.2) is 28.9 Å². The average molecular weight is 257 g/mol. The number of hydrogen-bond acceptors (Lipinski definition) is 4. The van der Waals surface area contributed by atoms with Crippen LogP contribution in [0.25, 0.3) is 0 Å². The standard InChI is InChI=1S/C10H9F2N3O3/c1-10(11,12)9-3-2-8(18-9)6-14-5-7(4-13-14)15(16)17/h2-5H,6H2,1H3. The molecule has 0 amide bonds. The molecule has 0 spiro atoms. The Bertz CT molecular complexity index is 571. The zero-order chi connectivity index (χ0) is 13.3. The quantitative estimate of drug-likeness (QED) is 0.623. The van der Waals surface area contributed by atoms with Crippen LogP contribution in [-0.4, -0.2) is 14.7 Å². The SMILES string of the molecule is CC(F)(F)c1ccc(Cn2cc([N+](=O)[O-])cn2)o1. The molecule has 18 heavy (non-hydrogen) atoms. The van der Waals surface area contributed by atoms with Crippen molar-refractivity contribution in [1.29, 1.82) is 0 Å². The summed E-state index contributed by atoms with van der Waals surface area (Å²) >= 11 is 0. The van der Waals surface area contributed by atoms with Crippen LogP contribution in [0.3, 0.4) is 0 Å². The predicted octanol–water partition coefficient (Wildman–Crippen LogP) is 2.54. The van der Waals surface area contributed by atoms with E-state index < -0.39 is 16.6 Å². The summed E-state index contributed by atoms with van der Waals surface area (Å²) < 4.78 is 32.0. The third-order valence-corrected chi connectivity index (χ3v) is 2.24. The lowest BCUT2D eigenvalue weighted by Gasteiger charge is -2.05. The minimum absolute atomic E-state index is 0.0594. The number of hydrogen-bond donors (Lipinski definition) is 0. The van der Waals surface area contributed by atoms with Crippen LogP contribution in [0.5, 0.6) is 0 Å². The Morgan fingerprint density at radius 2 is 2.28 bits per heavy atom. The maximum atomic E-state index is 12.9. The number of nitrogens with zero attached hydrogens (tertiary/aromatic N) is 3. The first-order valence-electron chi connectivity index (χ1n) is 5.00. The van der Waals surface area contributed by atoms with Crippen molar-refractivity contribution in [3.8, 4) is 0 Å². The Kier molecular flexibility index (Phi) is 2.85. The second-order valence-corrected chi connectivity index (χ2v) is 3.81. The van der Waals surface area contributed by atoms with Gasteiger partial charge in [-0.05, 0) is 12.1 Å². The number of nitro groups is 1. The fourth-order valence-corrected chi connectivity index (χ4v) is 1.39. The maximum Gasteiger partial charge on any atom is 0.307 e. The number of rotatable bonds is 4. The Labute approximate surface area is 100.0 Å². The molecule has 0 bridgehead atoms. The van der Waals surface area contributed by atoms with Crippen molar-refractivity contribution in [3.63, 3.8) is 0 Å². The molecule has 0 N–H and O–H groups in total. The molecule has 0 saturated heterocycles. The van der Waals surface area contributed by atoms with Crippen molar-refractivity contribution in [2.24, 2.45) is 0 Å². The molecule has 8 heteroatoms. The van der Waals surface area contributed by atoms with Crippen LogP contribution in [-0.2, 0) is 12.5 Å². The third-order valence-electron chi connectivity index (χ3n) is 2.24. The second-order valence-electron chi connectivity index (χ2n) is 3.81. The summed E-state index contributed by atoms with van der Waals surface area (Å²) in [6, 6.07) is 2.56. The first-order valence-corrected chi connectivity index (χ1v) is 5.00. The molecular weight excluding hydrogens is 248 g/mol. The minimum atomic E-state index is -3.05. The number of alkyl halides is 2. The molecule has 0 aliphatic rings. The van der Waals surface area contributed by atoms with Crippen molar-refractivity contribution < 1.29 is 18.1 Å². The van der Waals surface area contributed by atoms with Gasteiger partial charge in [-0.2, -0.15) is 13.9 Å². The minimum Gasteiger partial charge on any atom is -0.458 e. The number of aromatic nitrogens is 2. The molecule has 0 radical (unpaired) electrons. The van der Waals surface area contributed by atoms with E-state index in [1.54, 1.807) is 0 Å². The summed E-state index contributed by atoms with van der Waals surface area (Å²) in [5, 5.41) is 14.2. The molecule has 0 atom stereocenters. The van der Waals surface area contributed by atoms with Gasteiger partial charge in [0, 0.05) is 6.92 Å². The first-order chi connectivity index (χ1) is 8.36. The van der Waals surface area contributed by atoms with Gasteiger partial charge in [0.15, 0.2) is 5.76 Å².